The zero-order valence-electron chi connectivity index (χ0n) is 10.4. The Hall–Kier alpha value is -0.750. The van der Waals surface area contributed by atoms with Crippen LogP contribution in [0.15, 0.2) is 0 Å². The lowest BCUT2D eigenvalue weighted by Crippen LogP contribution is -2.35. The first-order valence-electron chi connectivity index (χ1n) is 6.28. The lowest BCUT2D eigenvalue weighted by Gasteiger charge is -2.31. The molecule has 1 saturated heterocycles. The van der Waals surface area contributed by atoms with Gasteiger partial charge in [0, 0.05) is 19.8 Å². The molecule has 4 nitrogen and oxygen atoms in total. The van der Waals surface area contributed by atoms with Gasteiger partial charge in [-0.05, 0) is 12.8 Å². The fourth-order valence-corrected chi connectivity index (χ4v) is 2.35. The third-order valence-corrected chi connectivity index (χ3v) is 3.29. The maximum atomic E-state index is 12.6. The number of alkyl halides is 2. The molecule has 0 aromatic rings. The number of hydrogen-bond donors (Lipinski definition) is 0. The van der Waals surface area contributed by atoms with Crippen LogP contribution in [0.25, 0.3) is 0 Å². The molecule has 0 bridgehead atoms. The Morgan fingerprint density at radius 1 is 1.39 bits per heavy atom. The first-order chi connectivity index (χ1) is 8.41. The summed E-state index contributed by atoms with van der Waals surface area (Å²) in [6.07, 6.45) is 4.45. The second kappa shape index (κ2) is 5.09. The van der Waals surface area contributed by atoms with E-state index in [0.29, 0.717) is 13.5 Å². The fraction of sp³-hybridized carbons (Fsp3) is 0.917. The molecule has 0 aromatic heterocycles. The van der Waals surface area contributed by atoms with Gasteiger partial charge in [-0.25, -0.2) is 4.79 Å². The molecule has 104 valence electrons. The van der Waals surface area contributed by atoms with Crippen LogP contribution in [0.5, 0.6) is 0 Å². The van der Waals surface area contributed by atoms with Crippen LogP contribution < -0.4 is 0 Å². The van der Waals surface area contributed by atoms with Crippen molar-refractivity contribution < 1.29 is 27.8 Å². The maximum absolute atomic E-state index is 12.6. The van der Waals surface area contributed by atoms with Crippen LogP contribution in [0.4, 0.5) is 8.78 Å². The van der Waals surface area contributed by atoms with Crippen molar-refractivity contribution in [1.29, 1.82) is 0 Å². The smallest absolute Gasteiger partial charge is 0.376 e. The summed E-state index contributed by atoms with van der Waals surface area (Å²) in [6, 6.07) is 0. The van der Waals surface area contributed by atoms with Crippen molar-refractivity contribution in [3.05, 3.63) is 0 Å². The van der Waals surface area contributed by atoms with Crippen LogP contribution >= 0.6 is 0 Å². The van der Waals surface area contributed by atoms with Crippen molar-refractivity contribution in [1.82, 2.24) is 0 Å². The number of carbonyl (C=O) groups is 1. The minimum atomic E-state index is -3.46. The molecule has 2 fully saturated rings. The van der Waals surface area contributed by atoms with E-state index in [4.69, 9.17) is 9.47 Å². The molecule has 1 aliphatic heterocycles. The molecule has 1 heterocycles. The standard InChI is InChI=1S/C12H18F2O4/c1-11(13,14)10(15)16-7-9-8-17-12(18-9)5-3-2-4-6-12/h9H,2-8H2,1H3. The van der Waals surface area contributed by atoms with E-state index in [1.165, 1.54) is 0 Å². The van der Waals surface area contributed by atoms with Crippen molar-refractivity contribution in [3.8, 4) is 0 Å². The molecule has 0 radical (unpaired) electrons. The first-order valence-corrected chi connectivity index (χ1v) is 6.28. The van der Waals surface area contributed by atoms with Gasteiger partial charge < -0.3 is 14.2 Å². The Morgan fingerprint density at radius 2 is 2.06 bits per heavy atom. The quantitative estimate of drug-likeness (QED) is 0.733. The van der Waals surface area contributed by atoms with E-state index in [9.17, 15) is 13.6 Å². The van der Waals surface area contributed by atoms with Gasteiger partial charge in [0.1, 0.15) is 12.7 Å². The second-order valence-electron chi connectivity index (χ2n) is 5.01. The van der Waals surface area contributed by atoms with Crippen LogP contribution in [0.3, 0.4) is 0 Å². The summed E-state index contributed by atoms with van der Waals surface area (Å²) < 4.78 is 41.0. The van der Waals surface area contributed by atoms with Crippen LogP contribution in [-0.2, 0) is 19.0 Å². The number of ether oxygens (including phenoxy) is 3. The molecule has 2 rings (SSSR count). The predicted molar refractivity (Wildman–Crippen MR) is 58.2 cm³/mol. The second-order valence-corrected chi connectivity index (χ2v) is 5.01. The highest BCUT2D eigenvalue weighted by molar-refractivity contribution is 5.76. The third-order valence-electron chi connectivity index (χ3n) is 3.29. The van der Waals surface area contributed by atoms with Gasteiger partial charge in [0.05, 0.1) is 6.61 Å². The highest BCUT2D eigenvalue weighted by Gasteiger charge is 2.43. The van der Waals surface area contributed by atoms with Crippen LogP contribution in [-0.4, -0.2) is 37.0 Å². The van der Waals surface area contributed by atoms with Crippen molar-refractivity contribution >= 4 is 5.97 Å². The molecule has 1 aliphatic carbocycles. The van der Waals surface area contributed by atoms with E-state index in [2.05, 4.69) is 4.74 Å². The minimum Gasteiger partial charge on any atom is -0.458 e. The number of hydrogen-bond acceptors (Lipinski definition) is 4. The van der Waals surface area contributed by atoms with E-state index < -0.39 is 23.8 Å². The molecule has 2 aliphatic rings. The molecular weight excluding hydrogens is 246 g/mol. The molecule has 18 heavy (non-hydrogen) atoms. The fourth-order valence-electron chi connectivity index (χ4n) is 2.35. The molecule has 1 spiro atoms. The average Bonchev–Trinajstić information content (AvgIpc) is 2.69. The van der Waals surface area contributed by atoms with Gasteiger partial charge in [0.2, 0.25) is 0 Å². The Kier molecular flexibility index (Phi) is 3.87. The molecule has 0 aromatic carbocycles. The summed E-state index contributed by atoms with van der Waals surface area (Å²) in [5.41, 5.74) is 0. The average molecular weight is 264 g/mol. The topological polar surface area (TPSA) is 44.8 Å². The van der Waals surface area contributed by atoms with Gasteiger partial charge in [-0.2, -0.15) is 8.78 Å². The molecule has 0 N–H and O–H groups in total. The number of esters is 1. The third kappa shape index (κ3) is 3.17. The zero-order valence-corrected chi connectivity index (χ0v) is 10.4. The molecule has 6 heteroatoms. The van der Waals surface area contributed by atoms with E-state index >= 15 is 0 Å². The van der Waals surface area contributed by atoms with Gasteiger partial charge in [-0.1, -0.05) is 6.42 Å². The highest BCUT2D eigenvalue weighted by atomic mass is 19.3. The van der Waals surface area contributed by atoms with E-state index in [0.717, 1.165) is 32.1 Å². The summed E-state index contributed by atoms with van der Waals surface area (Å²) >= 11 is 0. The molecular formula is C12H18F2O4. The first kappa shape index (κ1) is 13.7. The lowest BCUT2D eigenvalue weighted by atomic mass is 9.94. The summed E-state index contributed by atoms with van der Waals surface area (Å²) in [5, 5.41) is 0. The normalized spacial score (nSPS) is 27.4. The largest absolute Gasteiger partial charge is 0.458 e. The molecule has 1 atom stereocenters. The molecule has 1 unspecified atom stereocenters. The Balaban J connectivity index is 1.78. The Bertz CT molecular complexity index is 308. The minimum absolute atomic E-state index is 0.177. The Labute approximate surface area is 105 Å². The molecule has 0 amide bonds. The van der Waals surface area contributed by atoms with Gasteiger partial charge in [-0.3, -0.25) is 0 Å². The summed E-state index contributed by atoms with van der Waals surface area (Å²) in [5.74, 6) is -5.54. The van der Waals surface area contributed by atoms with Crippen molar-refractivity contribution in [2.45, 2.75) is 56.8 Å². The van der Waals surface area contributed by atoms with Crippen molar-refractivity contribution in [2.75, 3.05) is 13.2 Å². The van der Waals surface area contributed by atoms with Crippen LogP contribution in [0, 0.1) is 0 Å². The SMILES string of the molecule is CC(F)(F)C(=O)OCC1COC2(CCCCC2)O1. The van der Waals surface area contributed by atoms with E-state index in [1.54, 1.807) is 0 Å². The Morgan fingerprint density at radius 3 is 2.67 bits per heavy atom. The van der Waals surface area contributed by atoms with Crippen LogP contribution in [0.1, 0.15) is 39.0 Å². The monoisotopic (exact) mass is 264 g/mol. The predicted octanol–water partition coefficient (Wildman–Crippen LogP) is 2.26. The van der Waals surface area contributed by atoms with Crippen LogP contribution in [0.2, 0.25) is 0 Å². The zero-order chi connectivity index (χ0) is 13.2. The van der Waals surface area contributed by atoms with Gasteiger partial charge in [-0.15, -0.1) is 0 Å². The van der Waals surface area contributed by atoms with Crippen molar-refractivity contribution in [3.63, 3.8) is 0 Å². The van der Waals surface area contributed by atoms with Gasteiger partial charge >= 0.3 is 11.9 Å². The van der Waals surface area contributed by atoms with Gasteiger partial charge in [0.25, 0.3) is 0 Å². The van der Waals surface area contributed by atoms with Crippen molar-refractivity contribution in [2.24, 2.45) is 0 Å². The van der Waals surface area contributed by atoms with E-state index in [-0.39, 0.29) is 6.61 Å². The number of carbonyl (C=O) groups excluding carboxylic acids is 1. The number of halogens is 2. The summed E-state index contributed by atoms with van der Waals surface area (Å²) in [6.45, 7) is 0.635. The number of rotatable bonds is 3. The van der Waals surface area contributed by atoms with E-state index in [1.807, 2.05) is 0 Å². The molecule has 1 saturated carbocycles. The summed E-state index contributed by atoms with van der Waals surface area (Å²) in [4.78, 5) is 10.9. The van der Waals surface area contributed by atoms with Gasteiger partial charge in [0.15, 0.2) is 5.79 Å². The highest BCUT2D eigenvalue weighted by Crippen LogP contribution is 2.37. The maximum Gasteiger partial charge on any atom is 0.376 e. The lowest BCUT2D eigenvalue weighted by molar-refractivity contribution is -0.196. The summed E-state index contributed by atoms with van der Waals surface area (Å²) in [7, 11) is 0.